The van der Waals surface area contributed by atoms with E-state index < -0.39 is 10.0 Å². The largest absolute Gasteiger partial charge is 0.316 e. The van der Waals surface area contributed by atoms with Gasteiger partial charge in [0.15, 0.2) is 5.82 Å². The van der Waals surface area contributed by atoms with Gasteiger partial charge in [0.25, 0.3) is 0 Å². The van der Waals surface area contributed by atoms with E-state index in [0.29, 0.717) is 12.4 Å². The molecule has 0 saturated carbocycles. The normalized spacial score (nSPS) is 11.9. The fourth-order valence-electron chi connectivity index (χ4n) is 1.22. The van der Waals surface area contributed by atoms with Crippen LogP contribution in [-0.2, 0) is 23.6 Å². The molecule has 1 rings (SSSR count). The molecule has 1 aromatic heterocycles. The Labute approximate surface area is 102 Å². The quantitative estimate of drug-likeness (QED) is 0.600. The van der Waals surface area contributed by atoms with Crippen molar-refractivity contribution in [3.8, 4) is 0 Å². The first-order chi connectivity index (χ1) is 8.03. The summed E-state index contributed by atoms with van der Waals surface area (Å²) in [6, 6.07) is 0. The summed E-state index contributed by atoms with van der Waals surface area (Å²) in [6.07, 6.45) is 2.53. The van der Waals surface area contributed by atoms with Gasteiger partial charge in [-0.05, 0) is 13.0 Å². The zero-order valence-electron chi connectivity index (χ0n) is 10.2. The smallest absolute Gasteiger partial charge is 0.213 e. The Bertz CT molecular complexity index is 428. The second kappa shape index (κ2) is 6.67. The molecule has 0 saturated heterocycles. The van der Waals surface area contributed by atoms with Crippen molar-refractivity contribution in [3.05, 3.63) is 12.2 Å². The third-order valence-electron chi connectivity index (χ3n) is 2.07. The van der Waals surface area contributed by atoms with Gasteiger partial charge >= 0.3 is 0 Å². The second-order valence-electron chi connectivity index (χ2n) is 3.72. The van der Waals surface area contributed by atoms with E-state index in [4.69, 9.17) is 0 Å². The highest BCUT2D eigenvalue weighted by molar-refractivity contribution is 7.89. The zero-order chi connectivity index (χ0) is 12.7. The number of aryl methyl sites for hydroxylation is 1. The molecule has 0 atom stereocenters. The summed E-state index contributed by atoms with van der Waals surface area (Å²) in [6.45, 7) is 3.46. The minimum absolute atomic E-state index is 0.0693. The lowest BCUT2D eigenvalue weighted by Gasteiger charge is -2.05. The van der Waals surface area contributed by atoms with Crippen LogP contribution < -0.4 is 10.0 Å². The third kappa shape index (κ3) is 5.76. The minimum atomic E-state index is -3.25. The van der Waals surface area contributed by atoms with Crippen LogP contribution in [0.25, 0.3) is 0 Å². The maximum atomic E-state index is 11.6. The lowest BCUT2D eigenvalue weighted by molar-refractivity contribution is 0.573. The molecular weight excluding hydrogens is 242 g/mol. The van der Waals surface area contributed by atoms with E-state index in [-0.39, 0.29) is 12.3 Å². The van der Waals surface area contributed by atoms with E-state index in [1.54, 1.807) is 7.05 Å². The lowest BCUT2D eigenvalue weighted by Crippen LogP contribution is -2.32. The molecule has 0 amide bonds. The fourth-order valence-corrected chi connectivity index (χ4v) is 2.13. The Morgan fingerprint density at radius 2 is 2.18 bits per heavy atom. The fraction of sp³-hybridized carbons (Fsp3) is 0.778. The van der Waals surface area contributed by atoms with Gasteiger partial charge in [0.2, 0.25) is 10.0 Å². The molecule has 8 heteroatoms. The Balaban J connectivity index is 2.29. The summed E-state index contributed by atoms with van der Waals surface area (Å²) in [5, 5.41) is 7.03. The van der Waals surface area contributed by atoms with Crippen LogP contribution in [0.5, 0.6) is 0 Å². The predicted molar refractivity (Wildman–Crippen MR) is 64.8 cm³/mol. The average molecular weight is 261 g/mol. The number of sulfonamides is 1. The van der Waals surface area contributed by atoms with Crippen molar-refractivity contribution in [2.24, 2.45) is 7.05 Å². The van der Waals surface area contributed by atoms with Crippen molar-refractivity contribution in [2.45, 2.75) is 19.9 Å². The lowest BCUT2D eigenvalue weighted by atomic mass is 10.5. The molecule has 0 spiro atoms. The van der Waals surface area contributed by atoms with Crippen LogP contribution >= 0.6 is 0 Å². The van der Waals surface area contributed by atoms with Crippen molar-refractivity contribution in [3.63, 3.8) is 0 Å². The molecule has 0 aromatic carbocycles. The van der Waals surface area contributed by atoms with E-state index in [9.17, 15) is 8.42 Å². The molecule has 0 aliphatic heterocycles. The number of hydrogen-bond donors (Lipinski definition) is 2. The molecule has 1 heterocycles. The van der Waals surface area contributed by atoms with Gasteiger partial charge in [0, 0.05) is 13.6 Å². The highest BCUT2D eigenvalue weighted by Crippen LogP contribution is 1.90. The molecular formula is C9H19N5O2S. The molecule has 0 fully saturated rings. The molecule has 0 radical (unpaired) electrons. The first kappa shape index (κ1) is 14.1. The summed E-state index contributed by atoms with van der Waals surface area (Å²) in [7, 11) is -1.52. The Morgan fingerprint density at radius 1 is 1.41 bits per heavy atom. The number of hydrogen-bond acceptors (Lipinski definition) is 5. The van der Waals surface area contributed by atoms with Crippen LogP contribution in [0.4, 0.5) is 0 Å². The number of aromatic nitrogens is 3. The van der Waals surface area contributed by atoms with E-state index in [1.165, 1.54) is 11.0 Å². The van der Waals surface area contributed by atoms with Crippen LogP contribution in [0.15, 0.2) is 6.33 Å². The van der Waals surface area contributed by atoms with Crippen LogP contribution in [0.2, 0.25) is 0 Å². The molecule has 1 aromatic rings. The van der Waals surface area contributed by atoms with Crippen molar-refractivity contribution in [1.29, 1.82) is 0 Å². The molecule has 0 aliphatic rings. The molecule has 17 heavy (non-hydrogen) atoms. The molecule has 0 bridgehead atoms. The zero-order valence-corrected chi connectivity index (χ0v) is 11.0. The van der Waals surface area contributed by atoms with Gasteiger partial charge in [-0.2, -0.15) is 5.10 Å². The van der Waals surface area contributed by atoms with Gasteiger partial charge < -0.3 is 5.32 Å². The summed E-state index contributed by atoms with van der Waals surface area (Å²) < 4.78 is 27.1. The number of nitrogens with one attached hydrogen (secondary N) is 2. The van der Waals surface area contributed by atoms with Crippen LogP contribution in [0, 0.1) is 0 Å². The standard InChI is InChI=1S/C9H19N5O2S/c1-3-4-10-5-6-17(15,16)12-7-9-11-8-14(2)13-9/h8,10,12H,3-7H2,1-2H3. The monoisotopic (exact) mass is 261 g/mol. The molecule has 2 N–H and O–H groups in total. The summed E-state index contributed by atoms with van der Waals surface area (Å²) in [4.78, 5) is 3.94. The van der Waals surface area contributed by atoms with Crippen molar-refractivity contribution < 1.29 is 8.42 Å². The number of rotatable bonds is 8. The first-order valence-corrected chi connectivity index (χ1v) is 7.21. The van der Waals surface area contributed by atoms with Gasteiger partial charge in [0.05, 0.1) is 12.3 Å². The minimum Gasteiger partial charge on any atom is -0.316 e. The Kier molecular flexibility index (Phi) is 5.52. The number of nitrogens with zero attached hydrogens (tertiary/aromatic N) is 3. The van der Waals surface area contributed by atoms with Gasteiger partial charge in [0.1, 0.15) is 6.33 Å². The van der Waals surface area contributed by atoms with Gasteiger partial charge in [-0.25, -0.2) is 18.1 Å². The third-order valence-corrected chi connectivity index (χ3v) is 3.40. The van der Waals surface area contributed by atoms with Crippen LogP contribution in [-0.4, -0.2) is 42.0 Å². The van der Waals surface area contributed by atoms with E-state index in [2.05, 4.69) is 20.1 Å². The van der Waals surface area contributed by atoms with Crippen LogP contribution in [0.1, 0.15) is 19.2 Å². The molecule has 0 aliphatic carbocycles. The van der Waals surface area contributed by atoms with Crippen molar-refractivity contribution >= 4 is 10.0 Å². The van der Waals surface area contributed by atoms with Gasteiger partial charge in [-0.3, -0.25) is 4.68 Å². The molecule has 98 valence electrons. The van der Waals surface area contributed by atoms with E-state index >= 15 is 0 Å². The highest BCUT2D eigenvalue weighted by atomic mass is 32.2. The molecule has 0 unspecified atom stereocenters. The predicted octanol–water partition coefficient (Wildman–Crippen LogP) is -0.766. The van der Waals surface area contributed by atoms with E-state index in [0.717, 1.165) is 13.0 Å². The first-order valence-electron chi connectivity index (χ1n) is 5.56. The highest BCUT2D eigenvalue weighted by Gasteiger charge is 2.10. The Hall–Kier alpha value is -0.990. The van der Waals surface area contributed by atoms with Crippen molar-refractivity contribution in [2.75, 3.05) is 18.8 Å². The molecule has 7 nitrogen and oxygen atoms in total. The maximum absolute atomic E-state index is 11.6. The summed E-state index contributed by atoms with van der Waals surface area (Å²) in [5.41, 5.74) is 0. The topological polar surface area (TPSA) is 88.9 Å². The Morgan fingerprint density at radius 3 is 2.76 bits per heavy atom. The summed E-state index contributed by atoms with van der Waals surface area (Å²) in [5.74, 6) is 0.539. The second-order valence-corrected chi connectivity index (χ2v) is 5.65. The SMILES string of the molecule is CCCNCCS(=O)(=O)NCc1ncn(C)n1. The average Bonchev–Trinajstić information content (AvgIpc) is 2.68. The van der Waals surface area contributed by atoms with Gasteiger partial charge in [-0.1, -0.05) is 6.92 Å². The summed E-state index contributed by atoms with van der Waals surface area (Å²) >= 11 is 0. The van der Waals surface area contributed by atoms with Crippen molar-refractivity contribution in [1.82, 2.24) is 24.8 Å². The van der Waals surface area contributed by atoms with Crippen LogP contribution in [0.3, 0.4) is 0 Å². The van der Waals surface area contributed by atoms with Gasteiger partial charge in [-0.15, -0.1) is 0 Å². The maximum Gasteiger partial charge on any atom is 0.213 e. The van der Waals surface area contributed by atoms with E-state index in [1.807, 2.05) is 6.92 Å².